The first kappa shape index (κ1) is 20.5. The third-order valence-corrected chi connectivity index (χ3v) is 5.14. The average molecular weight is 416 g/mol. The Bertz CT molecular complexity index is 1050. The molecule has 9 heteroatoms. The van der Waals surface area contributed by atoms with Crippen LogP contribution in [-0.4, -0.2) is 28.8 Å². The summed E-state index contributed by atoms with van der Waals surface area (Å²) >= 11 is 1.18. The lowest BCUT2D eigenvalue weighted by Gasteiger charge is -2.17. The van der Waals surface area contributed by atoms with Crippen LogP contribution in [0.3, 0.4) is 0 Å². The van der Waals surface area contributed by atoms with Gasteiger partial charge in [0.2, 0.25) is 11.9 Å². The van der Waals surface area contributed by atoms with Crippen molar-refractivity contribution in [2.75, 3.05) is 11.9 Å². The molecule has 1 aromatic carbocycles. The van der Waals surface area contributed by atoms with Gasteiger partial charge in [-0.2, -0.15) is 4.39 Å². The molecule has 0 saturated heterocycles. The first-order valence-electron chi connectivity index (χ1n) is 8.80. The van der Waals surface area contributed by atoms with Crippen LogP contribution >= 0.6 is 11.3 Å². The second-order valence-corrected chi connectivity index (χ2v) is 7.00. The maximum atomic E-state index is 14.5. The largest absolute Gasteiger partial charge is 0.346 e. The van der Waals surface area contributed by atoms with E-state index in [2.05, 4.69) is 15.3 Å². The fraction of sp³-hybridized carbons (Fsp3) is 0.200. The van der Waals surface area contributed by atoms with Gasteiger partial charge in [0.1, 0.15) is 16.5 Å². The van der Waals surface area contributed by atoms with Crippen molar-refractivity contribution in [1.82, 2.24) is 15.3 Å². The topological polar surface area (TPSA) is 75.2 Å². The highest BCUT2D eigenvalue weighted by Gasteiger charge is 2.17. The molecule has 29 heavy (non-hydrogen) atoms. The molecule has 0 radical (unpaired) electrons. The van der Waals surface area contributed by atoms with Crippen LogP contribution in [0.5, 0.6) is 0 Å². The molecule has 6 nitrogen and oxygen atoms in total. The summed E-state index contributed by atoms with van der Waals surface area (Å²) in [6, 6.07) is 7.53. The first-order chi connectivity index (χ1) is 13.9. The molecule has 0 aliphatic rings. The summed E-state index contributed by atoms with van der Waals surface area (Å²) < 4.78 is 28.0. The number of nitrogens with one attached hydrogen (secondary N) is 1. The molecular weight excluding hydrogens is 398 g/mol. The first-order valence-corrected chi connectivity index (χ1v) is 9.68. The van der Waals surface area contributed by atoms with Crippen LogP contribution in [0.2, 0.25) is 0 Å². The molecule has 2 heterocycles. The highest BCUT2D eigenvalue weighted by molar-refractivity contribution is 7.13. The van der Waals surface area contributed by atoms with Crippen LogP contribution < -0.4 is 10.2 Å². The Hall–Kier alpha value is -3.20. The minimum atomic E-state index is -0.645. The standard InChI is InChI=1S/C20H18F2N4O2S/c1-3-17(27)26(2)16-7-6-12(9-14(16)21)20-25-15(11-29-20)19(28)24-10-13-5-4-8-23-18(13)22/h4-9,11H,3,10H2,1-2H3,(H,24,28). The quantitative estimate of drug-likeness (QED) is 0.621. The zero-order valence-electron chi connectivity index (χ0n) is 15.8. The Labute approximate surface area is 170 Å². The summed E-state index contributed by atoms with van der Waals surface area (Å²) in [7, 11) is 1.51. The molecule has 0 unspecified atom stereocenters. The predicted molar refractivity (Wildman–Crippen MR) is 107 cm³/mol. The zero-order chi connectivity index (χ0) is 21.0. The second-order valence-electron chi connectivity index (χ2n) is 6.15. The number of anilines is 1. The van der Waals surface area contributed by atoms with Crippen molar-refractivity contribution in [3.8, 4) is 10.6 Å². The molecule has 3 rings (SSSR count). The number of thiazole rings is 1. The normalized spacial score (nSPS) is 10.6. The summed E-state index contributed by atoms with van der Waals surface area (Å²) in [5.41, 5.74) is 1.08. The maximum Gasteiger partial charge on any atom is 0.271 e. The smallest absolute Gasteiger partial charge is 0.271 e. The predicted octanol–water partition coefficient (Wildman–Crippen LogP) is 3.79. The molecule has 3 aromatic rings. The Morgan fingerprint density at radius 3 is 2.72 bits per heavy atom. The van der Waals surface area contributed by atoms with E-state index in [9.17, 15) is 18.4 Å². The van der Waals surface area contributed by atoms with Crippen molar-refractivity contribution in [3.63, 3.8) is 0 Å². The van der Waals surface area contributed by atoms with Crippen LogP contribution in [0.4, 0.5) is 14.5 Å². The van der Waals surface area contributed by atoms with Crippen molar-refractivity contribution >= 4 is 28.8 Å². The number of amides is 2. The monoisotopic (exact) mass is 416 g/mol. The van der Waals surface area contributed by atoms with E-state index in [1.54, 1.807) is 24.4 Å². The number of rotatable bonds is 6. The van der Waals surface area contributed by atoms with Gasteiger partial charge in [-0.1, -0.05) is 13.0 Å². The van der Waals surface area contributed by atoms with Crippen LogP contribution in [0.1, 0.15) is 29.4 Å². The summed E-state index contributed by atoms with van der Waals surface area (Å²) in [5, 5.41) is 4.58. The lowest BCUT2D eigenvalue weighted by atomic mass is 10.2. The number of benzene rings is 1. The molecule has 1 N–H and O–H groups in total. The Balaban J connectivity index is 1.72. The third kappa shape index (κ3) is 4.62. The number of carbonyl (C=O) groups is 2. The van der Waals surface area contributed by atoms with Gasteiger partial charge in [-0.3, -0.25) is 9.59 Å². The van der Waals surface area contributed by atoms with Crippen LogP contribution in [0, 0.1) is 11.8 Å². The van der Waals surface area contributed by atoms with Gasteiger partial charge in [0.05, 0.1) is 5.69 Å². The molecule has 150 valence electrons. The van der Waals surface area contributed by atoms with Crippen molar-refractivity contribution in [2.45, 2.75) is 19.9 Å². The average Bonchev–Trinajstić information content (AvgIpc) is 3.22. The van der Waals surface area contributed by atoms with Crippen LogP contribution in [0.25, 0.3) is 10.6 Å². The lowest BCUT2D eigenvalue weighted by Crippen LogP contribution is -2.26. The van der Waals surface area contributed by atoms with Crippen molar-refractivity contribution < 1.29 is 18.4 Å². The van der Waals surface area contributed by atoms with E-state index in [1.165, 1.54) is 47.7 Å². The molecule has 0 spiro atoms. The van der Waals surface area contributed by atoms with E-state index >= 15 is 0 Å². The van der Waals surface area contributed by atoms with E-state index in [0.717, 1.165) is 0 Å². The Morgan fingerprint density at radius 1 is 1.24 bits per heavy atom. The van der Waals surface area contributed by atoms with Gasteiger partial charge < -0.3 is 10.2 Å². The molecule has 0 atom stereocenters. The summed E-state index contributed by atoms with van der Waals surface area (Å²) in [5.74, 6) is -1.87. The maximum absolute atomic E-state index is 14.5. The summed E-state index contributed by atoms with van der Waals surface area (Å²) in [4.78, 5) is 33.0. The SMILES string of the molecule is CCC(=O)N(C)c1ccc(-c2nc(C(=O)NCc3cccnc3F)cs2)cc1F. The van der Waals surface area contributed by atoms with Gasteiger partial charge in [-0.05, 0) is 24.3 Å². The van der Waals surface area contributed by atoms with Crippen molar-refractivity contribution in [2.24, 2.45) is 0 Å². The Kier molecular flexibility index (Phi) is 6.28. The van der Waals surface area contributed by atoms with Crippen molar-refractivity contribution in [1.29, 1.82) is 0 Å². The van der Waals surface area contributed by atoms with E-state index in [4.69, 9.17) is 0 Å². The molecule has 0 aliphatic heterocycles. The van der Waals surface area contributed by atoms with Gasteiger partial charge >= 0.3 is 0 Å². The number of aromatic nitrogens is 2. The number of hydrogen-bond acceptors (Lipinski definition) is 5. The van der Waals surface area contributed by atoms with Crippen LogP contribution in [0.15, 0.2) is 41.9 Å². The number of pyridine rings is 1. The highest BCUT2D eigenvalue weighted by atomic mass is 32.1. The zero-order valence-corrected chi connectivity index (χ0v) is 16.6. The molecule has 0 fully saturated rings. The molecule has 2 amide bonds. The fourth-order valence-corrected chi connectivity index (χ4v) is 3.41. The number of carbonyl (C=O) groups excluding carboxylic acids is 2. The van der Waals surface area contributed by atoms with Crippen molar-refractivity contribution in [3.05, 3.63) is 64.9 Å². The minimum Gasteiger partial charge on any atom is -0.346 e. The minimum absolute atomic E-state index is 0.0213. The van der Waals surface area contributed by atoms with Gasteiger partial charge in [-0.15, -0.1) is 11.3 Å². The molecular formula is C20H18F2N4O2S. The Morgan fingerprint density at radius 2 is 2.03 bits per heavy atom. The molecule has 0 bridgehead atoms. The second kappa shape index (κ2) is 8.87. The van der Waals surface area contributed by atoms with E-state index in [0.29, 0.717) is 10.6 Å². The number of nitrogens with zero attached hydrogens (tertiary/aromatic N) is 3. The van der Waals surface area contributed by atoms with Gasteiger partial charge in [0.15, 0.2) is 0 Å². The van der Waals surface area contributed by atoms with Gasteiger partial charge in [0, 0.05) is 42.7 Å². The fourth-order valence-electron chi connectivity index (χ4n) is 2.61. The van der Waals surface area contributed by atoms with Gasteiger partial charge in [-0.25, -0.2) is 14.4 Å². The molecule has 0 saturated carbocycles. The van der Waals surface area contributed by atoms with Crippen LogP contribution in [-0.2, 0) is 11.3 Å². The summed E-state index contributed by atoms with van der Waals surface area (Å²) in [6.45, 7) is 1.68. The van der Waals surface area contributed by atoms with E-state index < -0.39 is 17.7 Å². The van der Waals surface area contributed by atoms with Gasteiger partial charge in [0.25, 0.3) is 5.91 Å². The molecule has 0 aliphatic carbocycles. The number of halogens is 2. The molecule has 2 aromatic heterocycles. The summed E-state index contributed by atoms with van der Waals surface area (Å²) in [6.07, 6.45) is 1.60. The van der Waals surface area contributed by atoms with E-state index in [1.807, 2.05) is 0 Å². The van der Waals surface area contributed by atoms with E-state index in [-0.39, 0.29) is 35.8 Å². The number of hydrogen-bond donors (Lipinski definition) is 1. The lowest BCUT2D eigenvalue weighted by molar-refractivity contribution is -0.118. The third-order valence-electron chi connectivity index (χ3n) is 4.25. The highest BCUT2D eigenvalue weighted by Crippen LogP contribution is 2.28.